The van der Waals surface area contributed by atoms with Crippen molar-refractivity contribution in [2.75, 3.05) is 5.32 Å². The van der Waals surface area contributed by atoms with E-state index in [0.717, 1.165) is 5.82 Å². The standard InChI is InChI=1S/C15H14N6O3S/c1-10-17-6-7-21(10)14-8-13(18-9-19-14)20-15(22)11-2-4-12(5-3-11)25(16,23)24/h2-9H,1H3,(H2,16,23,24)(H,18,19,20,22). The largest absolute Gasteiger partial charge is 0.306 e. The molecule has 0 unspecified atom stereocenters. The summed E-state index contributed by atoms with van der Waals surface area (Å²) in [5, 5.41) is 7.66. The van der Waals surface area contributed by atoms with E-state index >= 15 is 0 Å². The zero-order chi connectivity index (χ0) is 18.0. The van der Waals surface area contributed by atoms with Gasteiger partial charge in [0.05, 0.1) is 4.90 Å². The third kappa shape index (κ3) is 3.70. The van der Waals surface area contributed by atoms with E-state index in [4.69, 9.17) is 5.14 Å². The van der Waals surface area contributed by atoms with Crippen LogP contribution in [0.1, 0.15) is 16.2 Å². The summed E-state index contributed by atoms with van der Waals surface area (Å²) in [5.41, 5.74) is 0.270. The molecule has 2 heterocycles. The lowest BCUT2D eigenvalue weighted by molar-refractivity contribution is 0.102. The summed E-state index contributed by atoms with van der Waals surface area (Å²) in [6.45, 7) is 1.83. The van der Waals surface area contributed by atoms with E-state index < -0.39 is 15.9 Å². The number of nitrogens with zero attached hydrogens (tertiary/aromatic N) is 4. The van der Waals surface area contributed by atoms with E-state index in [2.05, 4.69) is 20.3 Å². The number of nitrogens with one attached hydrogen (secondary N) is 1. The zero-order valence-electron chi connectivity index (χ0n) is 13.1. The van der Waals surface area contributed by atoms with Crippen molar-refractivity contribution in [2.24, 2.45) is 5.14 Å². The number of sulfonamides is 1. The molecule has 2 aromatic heterocycles. The number of aryl methyl sites for hydroxylation is 1. The highest BCUT2D eigenvalue weighted by atomic mass is 32.2. The third-order valence-corrected chi connectivity index (χ3v) is 4.34. The van der Waals surface area contributed by atoms with E-state index in [-0.39, 0.29) is 10.5 Å². The first kappa shape index (κ1) is 16.7. The van der Waals surface area contributed by atoms with Crippen molar-refractivity contribution in [1.29, 1.82) is 0 Å². The molecule has 0 spiro atoms. The smallest absolute Gasteiger partial charge is 0.256 e. The first-order chi connectivity index (χ1) is 11.8. The first-order valence-corrected chi connectivity index (χ1v) is 8.66. The Hall–Kier alpha value is -3.11. The molecule has 0 saturated heterocycles. The Kier molecular flexibility index (Phi) is 4.30. The van der Waals surface area contributed by atoms with Crippen molar-refractivity contribution in [3.05, 3.63) is 60.4 Å². The van der Waals surface area contributed by atoms with Crippen LogP contribution in [0.25, 0.3) is 5.82 Å². The molecular formula is C15H14N6O3S. The molecule has 1 aromatic carbocycles. The molecule has 0 bridgehead atoms. The van der Waals surface area contributed by atoms with E-state index in [0.29, 0.717) is 11.6 Å². The van der Waals surface area contributed by atoms with Gasteiger partial charge in [0.15, 0.2) is 0 Å². The first-order valence-electron chi connectivity index (χ1n) is 7.11. The van der Waals surface area contributed by atoms with Gasteiger partial charge in [-0.3, -0.25) is 9.36 Å². The predicted octanol–water partition coefficient (Wildman–Crippen LogP) is 0.870. The van der Waals surface area contributed by atoms with Crippen LogP contribution in [0, 0.1) is 6.92 Å². The second-order valence-corrected chi connectivity index (χ2v) is 6.69. The van der Waals surface area contributed by atoms with Gasteiger partial charge in [-0.2, -0.15) is 0 Å². The highest BCUT2D eigenvalue weighted by molar-refractivity contribution is 7.89. The maximum atomic E-state index is 12.3. The number of hydrogen-bond donors (Lipinski definition) is 2. The number of anilines is 1. The van der Waals surface area contributed by atoms with Crippen LogP contribution in [0.2, 0.25) is 0 Å². The van der Waals surface area contributed by atoms with Crippen LogP contribution in [0.5, 0.6) is 0 Å². The number of rotatable bonds is 4. The molecule has 0 radical (unpaired) electrons. The van der Waals surface area contributed by atoms with Crippen LogP contribution >= 0.6 is 0 Å². The van der Waals surface area contributed by atoms with Crippen molar-refractivity contribution >= 4 is 21.7 Å². The van der Waals surface area contributed by atoms with Gasteiger partial charge in [-0.05, 0) is 31.2 Å². The van der Waals surface area contributed by atoms with Gasteiger partial charge in [-0.15, -0.1) is 0 Å². The molecular weight excluding hydrogens is 344 g/mol. The Morgan fingerprint density at radius 3 is 2.48 bits per heavy atom. The fourth-order valence-corrected chi connectivity index (χ4v) is 2.67. The normalized spacial score (nSPS) is 11.3. The summed E-state index contributed by atoms with van der Waals surface area (Å²) < 4.78 is 24.2. The van der Waals surface area contributed by atoms with Crippen LogP contribution in [0.4, 0.5) is 5.82 Å². The molecule has 0 atom stereocenters. The van der Waals surface area contributed by atoms with Crippen molar-refractivity contribution in [3.8, 4) is 5.82 Å². The fourth-order valence-electron chi connectivity index (χ4n) is 2.15. The molecule has 10 heteroatoms. The summed E-state index contributed by atoms with van der Waals surface area (Å²) in [5.74, 6) is 1.17. The highest BCUT2D eigenvalue weighted by Gasteiger charge is 2.12. The Bertz CT molecular complexity index is 1030. The molecule has 0 aliphatic heterocycles. The van der Waals surface area contributed by atoms with Gasteiger partial charge in [0.1, 0.15) is 23.8 Å². The van der Waals surface area contributed by atoms with Gasteiger partial charge in [0.2, 0.25) is 10.0 Å². The maximum absolute atomic E-state index is 12.3. The lowest BCUT2D eigenvalue weighted by atomic mass is 10.2. The lowest BCUT2D eigenvalue weighted by Gasteiger charge is -2.08. The fraction of sp³-hybridized carbons (Fsp3) is 0.0667. The molecule has 0 fully saturated rings. The Balaban J connectivity index is 1.81. The van der Waals surface area contributed by atoms with Crippen LogP contribution in [-0.2, 0) is 10.0 Å². The number of aromatic nitrogens is 4. The van der Waals surface area contributed by atoms with Crippen LogP contribution in [0.15, 0.2) is 53.9 Å². The summed E-state index contributed by atoms with van der Waals surface area (Å²) in [6, 6.07) is 6.88. The molecule has 25 heavy (non-hydrogen) atoms. The van der Waals surface area contributed by atoms with Crippen LogP contribution in [0.3, 0.4) is 0 Å². The molecule has 1 amide bonds. The van der Waals surface area contributed by atoms with E-state index in [1.54, 1.807) is 23.0 Å². The Labute approximate surface area is 143 Å². The minimum absolute atomic E-state index is 0.0658. The van der Waals surface area contributed by atoms with E-state index in [1.807, 2.05) is 6.92 Å². The minimum Gasteiger partial charge on any atom is -0.306 e. The topological polar surface area (TPSA) is 133 Å². The summed E-state index contributed by atoms with van der Waals surface area (Å²) >= 11 is 0. The van der Waals surface area contributed by atoms with Crippen molar-refractivity contribution in [1.82, 2.24) is 19.5 Å². The van der Waals surface area contributed by atoms with Crippen LogP contribution < -0.4 is 10.5 Å². The molecule has 128 valence electrons. The second kappa shape index (κ2) is 6.42. The number of amides is 1. The summed E-state index contributed by atoms with van der Waals surface area (Å²) in [4.78, 5) is 24.5. The third-order valence-electron chi connectivity index (χ3n) is 3.41. The van der Waals surface area contributed by atoms with Gasteiger partial charge in [-0.1, -0.05) is 0 Å². The average molecular weight is 358 g/mol. The number of nitrogens with two attached hydrogens (primary N) is 1. The molecule has 3 N–H and O–H groups in total. The van der Waals surface area contributed by atoms with Crippen molar-refractivity contribution in [3.63, 3.8) is 0 Å². The van der Waals surface area contributed by atoms with Gasteiger partial charge >= 0.3 is 0 Å². The van der Waals surface area contributed by atoms with Crippen molar-refractivity contribution < 1.29 is 13.2 Å². The number of primary sulfonamides is 1. The number of carbonyl (C=O) groups is 1. The Morgan fingerprint density at radius 1 is 1.16 bits per heavy atom. The molecule has 9 nitrogen and oxygen atoms in total. The predicted molar refractivity (Wildman–Crippen MR) is 89.7 cm³/mol. The highest BCUT2D eigenvalue weighted by Crippen LogP contribution is 2.13. The molecule has 0 aliphatic carbocycles. The molecule has 0 saturated carbocycles. The lowest BCUT2D eigenvalue weighted by Crippen LogP contribution is -2.15. The van der Waals surface area contributed by atoms with Crippen molar-refractivity contribution in [2.45, 2.75) is 11.8 Å². The SMILES string of the molecule is Cc1nccn1-c1cc(NC(=O)c2ccc(S(N)(=O)=O)cc2)ncn1. The average Bonchev–Trinajstić information content (AvgIpc) is 3.00. The van der Waals surface area contributed by atoms with Gasteiger partial charge in [0.25, 0.3) is 5.91 Å². The molecule has 0 aliphatic rings. The molecule has 3 rings (SSSR count). The minimum atomic E-state index is -3.80. The van der Waals surface area contributed by atoms with Gasteiger partial charge < -0.3 is 5.32 Å². The number of carbonyl (C=O) groups excluding carboxylic acids is 1. The van der Waals surface area contributed by atoms with Gasteiger partial charge in [-0.25, -0.2) is 28.5 Å². The summed E-state index contributed by atoms with van der Waals surface area (Å²) in [6.07, 6.45) is 4.71. The van der Waals surface area contributed by atoms with E-state index in [9.17, 15) is 13.2 Å². The number of benzene rings is 1. The monoisotopic (exact) mass is 358 g/mol. The second-order valence-electron chi connectivity index (χ2n) is 5.13. The quantitative estimate of drug-likeness (QED) is 0.711. The summed E-state index contributed by atoms with van der Waals surface area (Å²) in [7, 11) is -3.80. The van der Waals surface area contributed by atoms with Gasteiger partial charge in [0, 0.05) is 24.0 Å². The van der Waals surface area contributed by atoms with E-state index in [1.165, 1.54) is 30.6 Å². The Morgan fingerprint density at radius 2 is 1.88 bits per heavy atom. The number of hydrogen-bond acceptors (Lipinski definition) is 6. The molecule has 3 aromatic rings. The zero-order valence-corrected chi connectivity index (χ0v) is 13.9. The maximum Gasteiger partial charge on any atom is 0.256 e. The van der Waals surface area contributed by atoms with Crippen LogP contribution in [-0.4, -0.2) is 33.8 Å². The number of imidazole rings is 1.